The summed E-state index contributed by atoms with van der Waals surface area (Å²) in [4.78, 5) is 27.6. The highest BCUT2D eigenvalue weighted by Gasteiger charge is 2.12. The van der Waals surface area contributed by atoms with Gasteiger partial charge in [-0.05, 0) is 39.5 Å². The fourth-order valence-corrected chi connectivity index (χ4v) is 4.05. The molecule has 6 nitrogen and oxygen atoms in total. The molecule has 0 aliphatic rings. The Labute approximate surface area is 208 Å². The van der Waals surface area contributed by atoms with E-state index in [1.165, 1.54) is 64.2 Å². The zero-order valence-electron chi connectivity index (χ0n) is 22.0. The molecule has 0 heterocycles. The summed E-state index contributed by atoms with van der Waals surface area (Å²) in [6, 6.07) is 7.65. The number of amides is 2. The van der Waals surface area contributed by atoms with Crippen LogP contribution in [0.3, 0.4) is 0 Å². The van der Waals surface area contributed by atoms with Gasteiger partial charge in [-0.3, -0.25) is 4.79 Å². The second kappa shape index (κ2) is 20.3. The van der Waals surface area contributed by atoms with Crippen molar-refractivity contribution < 1.29 is 14.3 Å². The molecule has 0 aromatic heterocycles. The van der Waals surface area contributed by atoms with Gasteiger partial charge in [0.25, 0.3) is 0 Å². The minimum atomic E-state index is -0.424. The van der Waals surface area contributed by atoms with E-state index < -0.39 is 6.09 Å². The Hall–Kier alpha value is -2.08. The lowest BCUT2D eigenvalue weighted by Crippen LogP contribution is -2.28. The molecule has 0 fully saturated rings. The number of unbranched alkanes of at least 4 members (excludes halogenated alkanes) is 11. The van der Waals surface area contributed by atoms with Gasteiger partial charge in [0.05, 0.1) is 0 Å². The molecule has 6 heteroatoms. The fourth-order valence-electron chi connectivity index (χ4n) is 4.05. The number of hydrogen-bond acceptors (Lipinski definition) is 4. The van der Waals surface area contributed by atoms with Crippen LogP contribution in [-0.4, -0.2) is 51.1 Å². The van der Waals surface area contributed by atoms with Crippen molar-refractivity contribution in [3.63, 3.8) is 0 Å². The molecule has 34 heavy (non-hydrogen) atoms. The van der Waals surface area contributed by atoms with Crippen molar-refractivity contribution in [2.45, 2.75) is 97.0 Å². The number of carbonyl (C=O) groups is 2. The number of nitrogens with zero attached hydrogens (tertiary/aromatic N) is 2. The molecular weight excluding hydrogens is 426 g/mol. The minimum Gasteiger partial charge on any atom is -0.445 e. The number of alkyl carbamates (subject to hydrolysis) is 1. The van der Waals surface area contributed by atoms with E-state index >= 15 is 0 Å². The van der Waals surface area contributed by atoms with Crippen molar-refractivity contribution in [3.8, 4) is 0 Å². The SMILES string of the molecule is CCCCCCCCCCCCCCN(C=O)c1ccccc1COC(=O)NCCCN(C)C. The molecule has 0 unspecified atom stereocenters. The number of anilines is 1. The first-order valence-electron chi connectivity index (χ1n) is 13.4. The van der Waals surface area contributed by atoms with Gasteiger partial charge in [-0.15, -0.1) is 0 Å². The van der Waals surface area contributed by atoms with E-state index in [0.29, 0.717) is 13.1 Å². The van der Waals surface area contributed by atoms with Gasteiger partial charge in [-0.25, -0.2) is 4.79 Å². The molecule has 0 saturated carbocycles. The highest BCUT2D eigenvalue weighted by atomic mass is 16.5. The normalized spacial score (nSPS) is 10.9. The number of hydrogen-bond donors (Lipinski definition) is 1. The smallest absolute Gasteiger partial charge is 0.407 e. The summed E-state index contributed by atoms with van der Waals surface area (Å²) in [6.07, 6.45) is 16.9. The molecule has 0 saturated heterocycles. The van der Waals surface area contributed by atoms with Crippen LogP contribution in [0.25, 0.3) is 0 Å². The van der Waals surface area contributed by atoms with Gasteiger partial charge in [0, 0.05) is 24.3 Å². The van der Waals surface area contributed by atoms with Gasteiger partial charge in [-0.1, -0.05) is 95.8 Å². The Morgan fingerprint density at radius 2 is 1.44 bits per heavy atom. The van der Waals surface area contributed by atoms with Crippen LogP contribution in [0.1, 0.15) is 96.0 Å². The molecule has 0 aliphatic heterocycles. The van der Waals surface area contributed by atoms with E-state index in [1.54, 1.807) is 4.90 Å². The molecule has 0 spiro atoms. The molecule has 1 N–H and O–H groups in total. The molecular formula is C28H49N3O3. The predicted molar refractivity (Wildman–Crippen MR) is 142 cm³/mol. The van der Waals surface area contributed by atoms with Crippen LogP contribution in [0.2, 0.25) is 0 Å². The summed E-state index contributed by atoms with van der Waals surface area (Å²) >= 11 is 0. The zero-order valence-corrected chi connectivity index (χ0v) is 22.0. The van der Waals surface area contributed by atoms with Crippen LogP contribution in [0, 0.1) is 0 Å². The van der Waals surface area contributed by atoms with Crippen LogP contribution in [0.4, 0.5) is 10.5 Å². The summed E-state index contributed by atoms with van der Waals surface area (Å²) in [5, 5.41) is 2.78. The van der Waals surface area contributed by atoms with Crippen LogP contribution in [0.15, 0.2) is 24.3 Å². The maximum Gasteiger partial charge on any atom is 0.407 e. The predicted octanol–water partition coefficient (Wildman–Crippen LogP) is 6.53. The maximum absolute atomic E-state index is 12.0. The van der Waals surface area contributed by atoms with Gasteiger partial charge in [-0.2, -0.15) is 0 Å². The third-order valence-corrected chi connectivity index (χ3v) is 6.09. The number of nitrogens with one attached hydrogen (secondary N) is 1. The molecule has 0 aliphatic carbocycles. The second-order valence-electron chi connectivity index (χ2n) is 9.48. The number of carbonyl (C=O) groups excluding carboxylic acids is 2. The number of para-hydroxylation sites is 1. The summed E-state index contributed by atoms with van der Waals surface area (Å²) in [5.41, 5.74) is 1.66. The standard InChI is InChI=1S/C28H49N3O3/c1-4-5-6-7-8-9-10-11-12-13-14-17-23-31(25-32)27-20-16-15-19-26(27)24-34-28(33)29-21-18-22-30(2)3/h15-16,19-20,25H,4-14,17-18,21-24H2,1-3H3,(H,29,33). The first kappa shape index (κ1) is 30.0. The van der Waals surface area contributed by atoms with Gasteiger partial charge in [0.1, 0.15) is 6.61 Å². The Balaban J connectivity index is 2.26. The van der Waals surface area contributed by atoms with E-state index in [1.807, 2.05) is 38.4 Å². The van der Waals surface area contributed by atoms with Crippen LogP contribution < -0.4 is 10.2 Å². The van der Waals surface area contributed by atoms with Gasteiger partial charge >= 0.3 is 6.09 Å². The van der Waals surface area contributed by atoms with Crippen LogP contribution >= 0.6 is 0 Å². The Morgan fingerprint density at radius 1 is 0.853 bits per heavy atom. The summed E-state index contributed by atoms with van der Waals surface area (Å²) in [7, 11) is 4.01. The van der Waals surface area contributed by atoms with Crippen LogP contribution in [0.5, 0.6) is 0 Å². The zero-order chi connectivity index (χ0) is 24.9. The van der Waals surface area contributed by atoms with Crippen molar-refractivity contribution in [3.05, 3.63) is 29.8 Å². The Bertz CT molecular complexity index is 652. The van der Waals surface area contributed by atoms with Crippen molar-refractivity contribution >= 4 is 18.2 Å². The molecule has 0 radical (unpaired) electrons. The Kier molecular flexibility index (Phi) is 17.9. The van der Waals surface area contributed by atoms with Gasteiger partial charge in [0.2, 0.25) is 6.41 Å². The molecule has 1 aromatic rings. The average Bonchev–Trinajstić information content (AvgIpc) is 2.84. The number of benzene rings is 1. The minimum absolute atomic E-state index is 0.151. The summed E-state index contributed by atoms with van der Waals surface area (Å²) in [5.74, 6) is 0. The van der Waals surface area contributed by atoms with Crippen molar-refractivity contribution in [2.75, 3.05) is 38.6 Å². The molecule has 194 valence electrons. The monoisotopic (exact) mass is 475 g/mol. The lowest BCUT2D eigenvalue weighted by atomic mass is 10.1. The quantitative estimate of drug-likeness (QED) is 0.162. The van der Waals surface area contributed by atoms with Crippen molar-refractivity contribution in [2.24, 2.45) is 0 Å². The lowest BCUT2D eigenvalue weighted by Gasteiger charge is -2.21. The van der Waals surface area contributed by atoms with Crippen LogP contribution in [-0.2, 0) is 16.1 Å². The third-order valence-electron chi connectivity index (χ3n) is 6.09. The maximum atomic E-state index is 12.0. The molecule has 0 atom stereocenters. The van der Waals surface area contributed by atoms with Crippen molar-refractivity contribution in [1.82, 2.24) is 10.2 Å². The largest absolute Gasteiger partial charge is 0.445 e. The van der Waals surface area contributed by atoms with Crippen molar-refractivity contribution in [1.29, 1.82) is 0 Å². The van der Waals surface area contributed by atoms with Gasteiger partial charge in [0.15, 0.2) is 0 Å². The third kappa shape index (κ3) is 14.9. The lowest BCUT2D eigenvalue weighted by molar-refractivity contribution is -0.107. The molecule has 0 bridgehead atoms. The van der Waals surface area contributed by atoms with E-state index in [2.05, 4.69) is 17.1 Å². The number of ether oxygens (including phenoxy) is 1. The first-order valence-corrected chi connectivity index (χ1v) is 13.4. The fraction of sp³-hybridized carbons (Fsp3) is 0.714. The second-order valence-corrected chi connectivity index (χ2v) is 9.48. The first-order chi connectivity index (χ1) is 16.6. The summed E-state index contributed by atoms with van der Waals surface area (Å²) in [6.45, 7) is 4.60. The molecule has 2 amide bonds. The average molecular weight is 476 g/mol. The topological polar surface area (TPSA) is 61.9 Å². The highest BCUT2D eigenvalue weighted by Crippen LogP contribution is 2.21. The Morgan fingerprint density at radius 3 is 2.03 bits per heavy atom. The van der Waals surface area contributed by atoms with E-state index in [4.69, 9.17) is 4.74 Å². The van der Waals surface area contributed by atoms with E-state index in [-0.39, 0.29) is 6.61 Å². The summed E-state index contributed by atoms with van der Waals surface area (Å²) < 4.78 is 5.38. The van der Waals surface area contributed by atoms with E-state index in [9.17, 15) is 9.59 Å². The molecule has 1 rings (SSSR count). The molecule has 1 aromatic carbocycles. The van der Waals surface area contributed by atoms with E-state index in [0.717, 1.165) is 43.5 Å². The number of rotatable bonds is 21. The highest BCUT2D eigenvalue weighted by molar-refractivity contribution is 5.77. The van der Waals surface area contributed by atoms with Gasteiger partial charge < -0.3 is 19.9 Å².